The van der Waals surface area contributed by atoms with E-state index in [-0.39, 0.29) is 12.5 Å². The van der Waals surface area contributed by atoms with Crippen molar-refractivity contribution in [3.05, 3.63) is 72.9 Å². The van der Waals surface area contributed by atoms with E-state index in [9.17, 15) is 15.0 Å². The number of aliphatic hydroxyl groups excluding tert-OH is 2. The van der Waals surface area contributed by atoms with Gasteiger partial charge in [-0.05, 0) is 70.6 Å². The molecule has 0 aromatic heterocycles. The number of hydrogen-bond donors (Lipinski definition) is 3. The van der Waals surface area contributed by atoms with Gasteiger partial charge in [0.25, 0.3) is 0 Å². The third-order valence-electron chi connectivity index (χ3n) is 11.4. The molecule has 59 heavy (non-hydrogen) atoms. The number of hydrogen-bond acceptors (Lipinski definition) is 3. The van der Waals surface area contributed by atoms with Crippen LogP contribution < -0.4 is 5.32 Å². The Morgan fingerprint density at radius 2 is 0.763 bits per heavy atom. The van der Waals surface area contributed by atoms with Crippen molar-refractivity contribution in [1.82, 2.24) is 5.32 Å². The highest BCUT2D eigenvalue weighted by Gasteiger charge is 2.17. The fraction of sp³-hybridized carbons (Fsp3) is 0.764. The maximum atomic E-state index is 12.4. The molecule has 0 saturated heterocycles. The summed E-state index contributed by atoms with van der Waals surface area (Å²) in [5, 5.41) is 23.1. The summed E-state index contributed by atoms with van der Waals surface area (Å²) in [6, 6.07) is -0.648. The number of allylic oxidation sites excluding steroid dienone is 11. The highest BCUT2D eigenvalue weighted by atomic mass is 16.3. The monoisotopic (exact) mass is 822 g/mol. The van der Waals surface area contributed by atoms with Crippen LogP contribution in [0.5, 0.6) is 0 Å². The molecular weight excluding hydrogens is 723 g/mol. The molecule has 0 heterocycles. The molecule has 2 atom stereocenters. The molecule has 0 aliphatic carbocycles. The summed E-state index contributed by atoms with van der Waals surface area (Å²) in [5.74, 6) is -0.0831. The molecule has 0 fully saturated rings. The summed E-state index contributed by atoms with van der Waals surface area (Å²) in [5.41, 5.74) is 0. The minimum Gasteiger partial charge on any atom is -0.394 e. The molecule has 0 radical (unpaired) electrons. The number of unbranched alkanes of at least 4 members (excludes halogenated alkanes) is 29. The van der Waals surface area contributed by atoms with Gasteiger partial charge >= 0.3 is 0 Å². The Labute approximate surface area is 368 Å². The van der Waals surface area contributed by atoms with E-state index in [2.05, 4.69) is 79.9 Å². The molecule has 0 aromatic carbocycles. The smallest absolute Gasteiger partial charge is 0.220 e. The Hall–Kier alpha value is -2.17. The van der Waals surface area contributed by atoms with Crippen molar-refractivity contribution < 1.29 is 15.0 Å². The van der Waals surface area contributed by atoms with Gasteiger partial charge < -0.3 is 15.5 Å². The van der Waals surface area contributed by atoms with Crippen LogP contribution in [0.1, 0.15) is 251 Å². The molecule has 0 aliphatic rings. The van der Waals surface area contributed by atoms with Crippen molar-refractivity contribution in [1.29, 1.82) is 0 Å². The van der Waals surface area contributed by atoms with Gasteiger partial charge in [-0.3, -0.25) is 4.79 Å². The van der Waals surface area contributed by atoms with Crippen LogP contribution >= 0.6 is 0 Å². The average molecular weight is 822 g/mol. The SMILES string of the molecule is CC/C=C\C/C=C\C/C=C\C/C=C\CCCCCCCCCCC(=O)NC(CO)C(O)/C=C/CC/C=C/CCCCCCCCCCCCCCCCCCCCCC. The van der Waals surface area contributed by atoms with Crippen LogP contribution in [-0.2, 0) is 4.79 Å². The maximum Gasteiger partial charge on any atom is 0.220 e. The zero-order chi connectivity index (χ0) is 42.8. The second-order valence-electron chi connectivity index (χ2n) is 17.2. The van der Waals surface area contributed by atoms with Gasteiger partial charge in [0.05, 0.1) is 18.8 Å². The number of nitrogens with one attached hydrogen (secondary N) is 1. The van der Waals surface area contributed by atoms with Crippen LogP contribution in [0.15, 0.2) is 72.9 Å². The molecule has 0 aliphatic heterocycles. The summed E-state index contributed by atoms with van der Waals surface area (Å²) in [6.07, 6.45) is 71.8. The second-order valence-corrected chi connectivity index (χ2v) is 17.2. The molecule has 0 saturated carbocycles. The van der Waals surface area contributed by atoms with Crippen LogP contribution in [0, 0.1) is 0 Å². The van der Waals surface area contributed by atoms with Gasteiger partial charge in [-0.25, -0.2) is 0 Å². The van der Waals surface area contributed by atoms with Crippen molar-refractivity contribution in [2.24, 2.45) is 0 Å². The van der Waals surface area contributed by atoms with Crippen molar-refractivity contribution in [2.75, 3.05) is 6.61 Å². The fourth-order valence-corrected chi connectivity index (χ4v) is 7.54. The Bertz CT molecular complexity index is 1020. The number of aliphatic hydroxyl groups is 2. The molecule has 0 spiro atoms. The lowest BCUT2D eigenvalue weighted by Crippen LogP contribution is -2.45. The zero-order valence-corrected chi connectivity index (χ0v) is 39.3. The summed E-state index contributed by atoms with van der Waals surface area (Å²) >= 11 is 0. The summed E-state index contributed by atoms with van der Waals surface area (Å²) in [4.78, 5) is 12.4. The lowest BCUT2D eigenvalue weighted by molar-refractivity contribution is -0.123. The quantitative estimate of drug-likeness (QED) is 0.0423. The van der Waals surface area contributed by atoms with Crippen LogP contribution in [0.2, 0.25) is 0 Å². The van der Waals surface area contributed by atoms with Gasteiger partial charge in [0.2, 0.25) is 5.91 Å². The van der Waals surface area contributed by atoms with Crippen LogP contribution in [0.4, 0.5) is 0 Å². The predicted octanol–water partition coefficient (Wildman–Crippen LogP) is 16.6. The number of carbonyl (C=O) groups is 1. The first-order valence-corrected chi connectivity index (χ1v) is 25.7. The van der Waals surface area contributed by atoms with Crippen molar-refractivity contribution in [2.45, 2.75) is 264 Å². The first kappa shape index (κ1) is 56.8. The van der Waals surface area contributed by atoms with Crippen molar-refractivity contribution in [3.8, 4) is 0 Å². The molecular formula is C55H99NO3. The van der Waals surface area contributed by atoms with E-state index in [1.165, 1.54) is 167 Å². The summed E-state index contributed by atoms with van der Waals surface area (Å²) in [6.45, 7) is 4.19. The predicted molar refractivity (Wildman–Crippen MR) is 262 cm³/mol. The summed E-state index contributed by atoms with van der Waals surface area (Å²) in [7, 11) is 0. The van der Waals surface area contributed by atoms with Gasteiger partial charge in [0, 0.05) is 6.42 Å². The van der Waals surface area contributed by atoms with E-state index >= 15 is 0 Å². The highest BCUT2D eigenvalue weighted by Crippen LogP contribution is 2.16. The van der Waals surface area contributed by atoms with Crippen LogP contribution in [-0.4, -0.2) is 34.9 Å². The van der Waals surface area contributed by atoms with E-state index in [1.54, 1.807) is 6.08 Å². The fourth-order valence-electron chi connectivity index (χ4n) is 7.54. The molecule has 0 bridgehead atoms. The Balaban J connectivity index is 3.59. The number of carbonyl (C=O) groups excluding carboxylic acids is 1. The minimum absolute atomic E-state index is 0.0831. The normalized spacial score (nSPS) is 13.5. The van der Waals surface area contributed by atoms with Crippen LogP contribution in [0.3, 0.4) is 0 Å². The largest absolute Gasteiger partial charge is 0.394 e. The first-order chi connectivity index (χ1) is 29.2. The lowest BCUT2D eigenvalue weighted by Gasteiger charge is -2.19. The Kier molecular flexibility index (Phi) is 48.3. The van der Waals surface area contributed by atoms with E-state index in [4.69, 9.17) is 0 Å². The van der Waals surface area contributed by atoms with Crippen molar-refractivity contribution >= 4 is 5.91 Å². The second kappa shape index (κ2) is 50.2. The summed E-state index contributed by atoms with van der Waals surface area (Å²) < 4.78 is 0. The number of rotatable bonds is 46. The molecule has 0 aromatic rings. The maximum absolute atomic E-state index is 12.4. The first-order valence-electron chi connectivity index (χ1n) is 25.7. The topological polar surface area (TPSA) is 69.6 Å². The van der Waals surface area contributed by atoms with E-state index in [0.29, 0.717) is 6.42 Å². The lowest BCUT2D eigenvalue weighted by atomic mass is 10.0. The molecule has 4 heteroatoms. The van der Waals surface area contributed by atoms with Gasteiger partial charge in [0.1, 0.15) is 0 Å². The van der Waals surface area contributed by atoms with Gasteiger partial charge in [-0.15, -0.1) is 0 Å². The average Bonchev–Trinajstić information content (AvgIpc) is 3.24. The van der Waals surface area contributed by atoms with E-state index < -0.39 is 12.1 Å². The van der Waals surface area contributed by atoms with E-state index in [0.717, 1.165) is 64.2 Å². The molecule has 1 amide bonds. The zero-order valence-electron chi connectivity index (χ0n) is 39.3. The standard InChI is InChI=1S/C55H99NO3/c1-3-5-7-9-11-13-15-17-19-21-23-25-26-27-28-29-31-32-34-36-38-40-42-44-46-48-50-54(58)53(52-57)56-55(59)51-49-47-45-43-41-39-37-35-33-30-24-22-20-18-16-14-12-10-8-6-4-2/h6,8,12,14,18,20,24,30,40,42,48,50,53-54,57-58H,3-5,7,9-11,13,15-17,19,21-23,25-29,31-39,41,43-47,49,51-52H2,1-2H3,(H,56,59)/b8-6-,14-12-,20-18-,30-24-,42-40+,50-48+. The molecule has 4 nitrogen and oxygen atoms in total. The third kappa shape index (κ3) is 46.7. The Morgan fingerprint density at radius 3 is 1.19 bits per heavy atom. The molecule has 0 rings (SSSR count). The molecule has 2 unspecified atom stereocenters. The van der Waals surface area contributed by atoms with Crippen molar-refractivity contribution in [3.63, 3.8) is 0 Å². The van der Waals surface area contributed by atoms with Gasteiger partial charge in [-0.2, -0.15) is 0 Å². The Morgan fingerprint density at radius 1 is 0.424 bits per heavy atom. The minimum atomic E-state index is -0.870. The highest BCUT2D eigenvalue weighted by molar-refractivity contribution is 5.76. The number of amides is 1. The van der Waals surface area contributed by atoms with Crippen LogP contribution in [0.25, 0.3) is 0 Å². The van der Waals surface area contributed by atoms with Gasteiger partial charge in [-0.1, -0.05) is 247 Å². The third-order valence-corrected chi connectivity index (χ3v) is 11.4. The van der Waals surface area contributed by atoms with Gasteiger partial charge in [0.15, 0.2) is 0 Å². The van der Waals surface area contributed by atoms with E-state index in [1.807, 2.05) is 6.08 Å². The molecule has 3 N–H and O–H groups in total. The molecule has 342 valence electrons.